The standard InChI is InChI=1S/C24H30N4O2/c29-23(20-6-2-1-3-7-20)25-22-10-8-21(9-11-22)24(30)28-18-16-27(17-19-28)15-14-26-12-4-5-13-26/h1-3,6-11H,4-5,12-19H2,(H,25,29). The van der Waals surface area contributed by atoms with Crippen molar-refractivity contribution in [1.82, 2.24) is 14.7 Å². The quantitative estimate of drug-likeness (QED) is 0.802. The minimum atomic E-state index is -0.153. The molecular weight excluding hydrogens is 376 g/mol. The van der Waals surface area contributed by atoms with E-state index in [0.717, 1.165) is 39.3 Å². The van der Waals surface area contributed by atoms with E-state index in [2.05, 4.69) is 15.1 Å². The smallest absolute Gasteiger partial charge is 0.255 e. The number of likely N-dealkylation sites (tertiary alicyclic amines) is 1. The van der Waals surface area contributed by atoms with E-state index in [-0.39, 0.29) is 11.8 Å². The Hall–Kier alpha value is -2.70. The highest BCUT2D eigenvalue weighted by Gasteiger charge is 2.22. The van der Waals surface area contributed by atoms with Crippen molar-refractivity contribution in [2.45, 2.75) is 12.8 Å². The molecule has 2 saturated heterocycles. The molecule has 0 saturated carbocycles. The van der Waals surface area contributed by atoms with Crippen LogP contribution in [0.1, 0.15) is 33.6 Å². The molecule has 2 aromatic carbocycles. The van der Waals surface area contributed by atoms with Crippen LogP contribution in [0.15, 0.2) is 54.6 Å². The Balaban J connectivity index is 1.25. The number of nitrogens with zero attached hydrogens (tertiary/aromatic N) is 3. The lowest BCUT2D eigenvalue weighted by Gasteiger charge is -2.35. The lowest BCUT2D eigenvalue weighted by atomic mass is 10.1. The summed E-state index contributed by atoms with van der Waals surface area (Å²) in [6.45, 7) is 8.12. The normalized spacial score (nSPS) is 17.8. The first-order valence-electron chi connectivity index (χ1n) is 10.9. The summed E-state index contributed by atoms with van der Waals surface area (Å²) in [7, 11) is 0. The topological polar surface area (TPSA) is 55.9 Å². The number of rotatable bonds is 6. The van der Waals surface area contributed by atoms with E-state index in [1.807, 2.05) is 23.1 Å². The van der Waals surface area contributed by atoms with Crippen LogP contribution in [-0.2, 0) is 0 Å². The van der Waals surface area contributed by atoms with Crippen LogP contribution in [0.25, 0.3) is 0 Å². The summed E-state index contributed by atoms with van der Waals surface area (Å²) >= 11 is 0. The van der Waals surface area contributed by atoms with Gasteiger partial charge in [0, 0.05) is 56.1 Å². The molecule has 0 aliphatic carbocycles. The van der Waals surface area contributed by atoms with Gasteiger partial charge in [0.2, 0.25) is 0 Å². The van der Waals surface area contributed by atoms with E-state index in [1.54, 1.807) is 36.4 Å². The molecule has 0 aromatic heterocycles. The maximum absolute atomic E-state index is 12.8. The van der Waals surface area contributed by atoms with Gasteiger partial charge in [-0.1, -0.05) is 18.2 Å². The van der Waals surface area contributed by atoms with Crippen LogP contribution in [0.5, 0.6) is 0 Å². The van der Waals surface area contributed by atoms with E-state index in [4.69, 9.17) is 0 Å². The highest BCUT2D eigenvalue weighted by molar-refractivity contribution is 6.04. The van der Waals surface area contributed by atoms with Crippen molar-refractivity contribution in [2.75, 3.05) is 57.7 Å². The number of carbonyl (C=O) groups is 2. The van der Waals surface area contributed by atoms with E-state index >= 15 is 0 Å². The van der Waals surface area contributed by atoms with Gasteiger partial charge in [-0.3, -0.25) is 14.5 Å². The predicted molar refractivity (Wildman–Crippen MR) is 119 cm³/mol. The molecule has 2 heterocycles. The molecule has 30 heavy (non-hydrogen) atoms. The number of piperazine rings is 1. The second kappa shape index (κ2) is 9.87. The van der Waals surface area contributed by atoms with Crippen molar-refractivity contribution < 1.29 is 9.59 Å². The number of amides is 2. The third-order valence-electron chi connectivity index (χ3n) is 6.02. The van der Waals surface area contributed by atoms with Crippen LogP contribution in [0, 0.1) is 0 Å². The molecule has 0 unspecified atom stereocenters. The second-order valence-corrected chi connectivity index (χ2v) is 8.08. The Kier molecular flexibility index (Phi) is 6.77. The molecule has 2 aromatic rings. The lowest BCUT2D eigenvalue weighted by molar-refractivity contribution is 0.0626. The molecule has 0 radical (unpaired) electrons. The van der Waals surface area contributed by atoms with Crippen LogP contribution in [0.4, 0.5) is 5.69 Å². The summed E-state index contributed by atoms with van der Waals surface area (Å²) in [5, 5.41) is 2.87. The summed E-state index contributed by atoms with van der Waals surface area (Å²) in [6, 6.07) is 16.3. The van der Waals surface area contributed by atoms with Gasteiger partial charge in [0.25, 0.3) is 11.8 Å². The second-order valence-electron chi connectivity index (χ2n) is 8.08. The summed E-state index contributed by atoms with van der Waals surface area (Å²) < 4.78 is 0. The molecule has 4 rings (SSSR count). The van der Waals surface area contributed by atoms with Gasteiger partial charge >= 0.3 is 0 Å². The predicted octanol–water partition coefficient (Wildman–Crippen LogP) is 2.79. The summed E-state index contributed by atoms with van der Waals surface area (Å²) in [4.78, 5) is 32.0. The van der Waals surface area contributed by atoms with Crippen molar-refractivity contribution in [3.05, 3.63) is 65.7 Å². The van der Waals surface area contributed by atoms with Gasteiger partial charge in [0.15, 0.2) is 0 Å². The van der Waals surface area contributed by atoms with Gasteiger partial charge in [-0.2, -0.15) is 0 Å². The van der Waals surface area contributed by atoms with Crippen LogP contribution in [0.2, 0.25) is 0 Å². The zero-order valence-electron chi connectivity index (χ0n) is 17.4. The first-order chi connectivity index (χ1) is 14.7. The van der Waals surface area contributed by atoms with E-state index < -0.39 is 0 Å². The number of anilines is 1. The van der Waals surface area contributed by atoms with E-state index in [0.29, 0.717) is 16.8 Å². The molecule has 2 aliphatic rings. The minimum absolute atomic E-state index is 0.0649. The maximum Gasteiger partial charge on any atom is 0.255 e. The van der Waals surface area contributed by atoms with Crippen molar-refractivity contribution in [3.8, 4) is 0 Å². The maximum atomic E-state index is 12.8. The SMILES string of the molecule is O=C(Nc1ccc(C(=O)N2CCN(CCN3CCCC3)CC2)cc1)c1ccccc1. The molecule has 0 atom stereocenters. The average Bonchev–Trinajstić information content (AvgIpc) is 3.32. The molecule has 6 nitrogen and oxygen atoms in total. The Morgan fingerprint density at radius 2 is 1.30 bits per heavy atom. The Morgan fingerprint density at radius 3 is 1.93 bits per heavy atom. The molecule has 2 fully saturated rings. The summed E-state index contributed by atoms with van der Waals surface area (Å²) in [5.74, 6) is -0.0881. The van der Waals surface area contributed by atoms with E-state index in [9.17, 15) is 9.59 Å². The zero-order chi connectivity index (χ0) is 20.8. The fourth-order valence-electron chi connectivity index (χ4n) is 4.14. The average molecular weight is 407 g/mol. The number of benzene rings is 2. The minimum Gasteiger partial charge on any atom is -0.336 e. The zero-order valence-corrected chi connectivity index (χ0v) is 17.4. The van der Waals surface area contributed by atoms with Gasteiger partial charge in [0.05, 0.1) is 0 Å². The van der Waals surface area contributed by atoms with Gasteiger partial charge in [-0.25, -0.2) is 0 Å². The van der Waals surface area contributed by atoms with Crippen molar-refractivity contribution >= 4 is 17.5 Å². The van der Waals surface area contributed by atoms with Gasteiger partial charge in [-0.15, -0.1) is 0 Å². The molecular formula is C24H30N4O2. The highest BCUT2D eigenvalue weighted by atomic mass is 16.2. The van der Waals surface area contributed by atoms with Crippen molar-refractivity contribution in [1.29, 1.82) is 0 Å². The molecule has 0 spiro atoms. The van der Waals surface area contributed by atoms with Crippen molar-refractivity contribution in [2.24, 2.45) is 0 Å². The largest absolute Gasteiger partial charge is 0.336 e. The first-order valence-corrected chi connectivity index (χ1v) is 10.9. The molecule has 0 bridgehead atoms. The van der Waals surface area contributed by atoms with E-state index in [1.165, 1.54) is 25.9 Å². The molecule has 158 valence electrons. The van der Waals surface area contributed by atoms with Crippen LogP contribution in [0.3, 0.4) is 0 Å². The van der Waals surface area contributed by atoms with Gasteiger partial charge in [-0.05, 0) is 62.3 Å². The molecule has 1 N–H and O–H groups in total. The fraction of sp³-hybridized carbons (Fsp3) is 0.417. The first kappa shape index (κ1) is 20.6. The van der Waals surface area contributed by atoms with Crippen molar-refractivity contribution in [3.63, 3.8) is 0 Å². The molecule has 6 heteroatoms. The molecule has 2 amide bonds. The van der Waals surface area contributed by atoms with Gasteiger partial charge < -0.3 is 15.1 Å². The third-order valence-corrected chi connectivity index (χ3v) is 6.02. The number of hydrogen-bond donors (Lipinski definition) is 1. The monoisotopic (exact) mass is 406 g/mol. The van der Waals surface area contributed by atoms with Gasteiger partial charge in [0.1, 0.15) is 0 Å². The number of carbonyl (C=O) groups excluding carboxylic acids is 2. The molecule has 2 aliphatic heterocycles. The van der Waals surface area contributed by atoms with Crippen LogP contribution < -0.4 is 5.32 Å². The number of hydrogen-bond acceptors (Lipinski definition) is 4. The fourth-order valence-corrected chi connectivity index (χ4v) is 4.14. The number of nitrogens with one attached hydrogen (secondary N) is 1. The summed E-state index contributed by atoms with van der Waals surface area (Å²) in [5.41, 5.74) is 1.96. The highest BCUT2D eigenvalue weighted by Crippen LogP contribution is 2.15. The lowest BCUT2D eigenvalue weighted by Crippen LogP contribution is -2.50. The summed E-state index contributed by atoms with van der Waals surface area (Å²) in [6.07, 6.45) is 2.66. The third kappa shape index (κ3) is 5.26. The Morgan fingerprint density at radius 1 is 0.700 bits per heavy atom. The Labute approximate surface area is 178 Å². The van der Waals surface area contributed by atoms with Crippen LogP contribution in [-0.4, -0.2) is 78.9 Å². The Bertz CT molecular complexity index is 839. The van der Waals surface area contributed by atoms with Crippen LogP contribution >= 0.6 is 0 Å².